The molecule has 4 nitrogen and oxygen atoms in total. The first kappa shape index (κ1) is 15.2. The molecule has 1 aromatic heterocycles. The van der Waals surface area contributed by atoms with E-state index in [4.69, 9.17) is 0 Å². The predicted octanol–water partition coefficient (Wildman–Crippen LogP) is 1.82. The minimum absolute atomic E-state index is 0.516. The summed E-state index contributed by atoms with van der Waals surface area (Å²) in [5.74, 6) is 0. The summed E-state index contributed by atoms with van der Waals surface area (Å²) in [5.41, 5.74) is 2.39. The molecule has 1 heterocycles. The molecule has 0 aromatic carbocycles. The van der Waals surface area contributed by atoms with Gasteiger partial charge >= 0.3 is 0 Å². The maximum absolute atomic E-state index is 4.31. The smallest absolute Gasteiger partial charge is 0.0951 e. The Kier molecular flexibility index (Phi) is 5.82. The quantitative estimate of drug-likeness (QED) is 0.803. The molecule has 4 heteroatoms. The first-order valence-electron chi connectivity index (χ1n) is 6.83. The second kappa shape index (κ2) is 6.90. The zero-order valence-electron chi connectivity index (χ0n) is 12.7. The third-order valence-corrected chi connectivity index (χ3v) is 3.63. The second-order valence-corrected chi connectivity index (χ2v) is 5.50. The Bertz CT molecular complexity index is 357. The summed E-state index contributed by atoms with van der Waals surface area (Å²) < 4.78 is 2.21. The number of aromatic nitrogens is 2. The SMILES string of the molecule is Cc1ncn(CCN[C@@H](C)CN(C)C(C)C)c1C. The monoisotopic (exact) mass is 252 g/mol. The lowest BCUT2D eigenvalue weighted by Gasteiger charge is -2.25. The average Bonchev–Trinajstić information content (AvgIpc) is 2.60. The van der Waals surface area contributed by atoms with Crippen molar-refractivity contribution in [1.82, 2.24) is 19.8 Å². The lowest BCUT2D eigenvalue weighted by atomic mass is 10.2. The van der Waals surface area contributed by atoms with Crippen LogP contribution in [0.3, 0.4) is 0 Å². The molecule has 0 spiro atoms. The summed E-state index contributed by atoms with van der Waals surface area (Å²) in [4.78, 5) is 6.68. The zero-order chi connectivity index (χ0) is 13.7. The van der Waals surface area contributed by atoms with Crippen molar-refractivity contribution in [2.24, 2.45) is 0 Å². The molecule has 1 aromatic rings. The Hall–Kier alpha value is -0.870. The van der Waals surface area contributed by atoms with Crippen molar-refractivity contribution >= 4 is 0 Å². The minimum atomic E-state index is 0.516. The van der Waals surface area contributed by atoms with Crippen LogP contribution < -0.4 is 5.32 Å². The van der Waals surface area contributed by atoms with Gasteiger partial charge in [0.25, 0.3) is 0 Å². The second-order valence-electron chi connectivity index (χ2n) is 5.50. The van der Waals surface area contributed by atoms with E-state index in [1.54, 1.807) is 0 Å². The van der Waals surface area contributed by atoms with Gasteiger partial charge in [0.1, 0.15) is 0 Å². The molecule has 1 atom stereocenters. The Morgan fingerprint density at radius 3 is 2.50 bits per heavy atom. The van der Waals surface area contributed by atoms with E-state index in [9.17, 15) is 0 Å². The van der Waals surface area contributed by atoms with Gasteiger partial charge < -0.3 is 14.8 Å². The molecule has 0 radical (unpaired) electrons. The van der Waals surface area contributed by atoms with Gasteiger partial charge in [-0.1, -0.05) is 0 Å². The van der Waals surface area contributed by atoms with Crippen LogP contribution in [0.2, 0.25) is 0 Å². The predicted molar refractivity (Wildman–Crippen MR) is 76.9 cm³/mol. The van der Waals surface area contributed by atoms with Crippen LogP contribution in [0.1, 0.15) is 32.2 Å². The summed E-state index contributed by atoms with van der Waals surface area (Å²) in [7, 11) is 2.17. The van der Waals surface area contributed by atoms with Crippen LogP contribution in [-0.4, -0.2) is 46.7 Å². The number of nitrogens with one attached hydrogen (secondary N) is 1. The van der Waals surface area contributed by atoms with E-state index in [2.05, 4.69) is 61.4 Å². The molecule has 104 valence electrons. The van der Waals surface area contributed by atoms with Crippen LogP contribution in [0.5, 0.6) is 0 Å². The van der Waals surface area contributed by atoms with Gasteiger partial charge in [0.15, 0.2) is 0 Å². The van der Waals surface area contributed by atoms with Crippen molar-refractivity contribution in [2.75, 3.05) is 20.1 Å². The molecule has 0 aliphatic heterocycles. The van der Waals surface area contributed by atoms with Crippen LogP contribution in [0.15, 0.2) is 6.33 Å². The number of hydrogen-bond donors (Lipinski definition) is 1. The minimum Gasteiger partial charge on any atom is -0.333 e. The molecule has 18 heavy (non-hydrogen) atoms. The van der Waals surface area contributed by atoms with Crippen molar-refractivity contribution < 1.29 is 0 Å². The van der Waals surface area contributed by atoms with E-state index in [0.29, 0.717) is 12.1 Å². The van der Waals surface area contributed by atoms with Crippen molar-refractivity contribution in [3.05, 3.63) is 17.7 Å². The van der Waals surface area contributed by atoms with Crippen molar-refractivity contribution in [3.63, 3.8) is 0 Å². The highest BCUT2D eigenvalue weighted by atomic mass is 15.1. The van der Waals surface area contributed by atoms with Gasteiger partial charge in [-0.25, -0.2) is 4.98 Å². The van der Waals surface area contributed by atoms with Crippen LogP contribution >= 0.6 is 0 Å². The van der Waals surface area contributed by atoms with Gasteiger partial charge in [-0.15, -0.1) is 0 Å². The van der Waals surface area contributed by atoms with E-state index in [1.807, 2.05) is 6.33 Å². The molecule has 0 aliphatic rings. The molecule has 1 N–H and O–H groups in total. The standard InChI is InChI=1S/C14H28N4/c1-11(2)17(6)9-12(3)15-7-8-18-10-16-13(4)14(18)5/h10-12,15H,7-9H2,1-6H3/t12-/m0/s1. The largest absolute Gasteiger partial charge is 0.333 e. The maximum atomic E-state index is 4.31. The molecule has 1 rings (SSSR count). The molecule has 0 saturated carbocycles. The normalized spacial score (nSPS) is 13.6. The molecular weight excluding hydrogens is 224 g/mol. The Morgan fingerprint density at radius 1 is 1.33 bits per heavy atom. The van der Waals surface area contributed by atoms with Crippen LogP contribution in [-0.2, 0) is 6.54 Å². The molecule has 0 aliphatic carbocycles. The first-order chi connectivity index (χ1) is 8.41. The summed E-state index contributed by atoms with van der Waals surface area (Å²) in [6.45, 7) is 13.9. The Balaban J connectivity index is 2.27. The van der Waals surface area contributed by atoms with Gasteiger partial charge in [0.2, 0.25) is 0 Å². The molecule has 0 fully saturated rings. The number of aryl methyl sites for hydroxylation is 1. The maximum Gasteiger partial charge on any atom is 0.0951 e. The van der Waals surface area contributed by atoms with E-state index in [-0.39, 0.29) is 0 Å². The summed E-state index contributed by atoms with van der Waals surface area (Å²) >= 11 is 0. The zero-order valence-corrected chi connectivity index (χ0v) is 12.7. The van der Waals surface area contributed by atoms with Gasteiger partial charge in [0.05, 0.1) is 12.0 Å². The average molecular weight is 252 g/mol. The highest BCUT2D eigenvalue weighted by Crippen LogP contribution is 2.03. The van der Waals surface area contributed by atoms with E-state index < -0.39 is 0 Å². The van der Waals surface area contributed by atoms with E-state index >= 15 is 0 Å². The number of rotatable bonds is 7. The van der Waals surface area contributed by atoms with Gasteiger partial charge in [-0.05, 0) is 41.7 Å². The molecule has 0 amide bonds. The third kappa shape index (κ3) is 4.42. The molecule has 0 saturated heterocycles. The van der Waals surface area contributed by atoms with Crippen molar-refractivity contribution in [1.29, 1.82) is 0 Å². The molecule has 0 unspecified atom stereocenters. The van der Waals surface area contributed by atoms with Gasteiger partial charge in [0, 0.05) is 37.4 Å². The summed E-state index contributed by atoms with van der Waals surface area (Å²) in [6.07, 6.45) is 1.93. The van der Waals surface area contributed by atoms with Gasteiger partial charge in [-0.2, -0.15) is 0 Å². The number of hydrogen-bond acceptors (Lipinski definition) is 3. The lowest BCUT2D eigenvalue weighted by molar-refractivity contribution is 0.246. The highest BCUT2D eigenvalue weighted by Gasteiger charge is 2.08. The van der Waals surface area contributed by atoms with Crippen LogP contribution in [0, 0.1) is 13.8 Å². The van der Waals surface area contributed by atoms with Crippen LogP contribution in [0.25, 0.3) is 0 Å². The number of likely N-dealkylation sites (N-methyl/N-ethyl adjacent to an activating group) is 1. The van der Waals surface area contributed by atoms with Crippen molar-refractivity contribution in [3.8, 4) is 0 Å². The fourth-order valence-electron chi connectivity index (χ4n) is 1.91. The summed E-state index contributed by atoms with van der Waals surface area (Å²) in [5, 5.41) is 3.56. The summed E-state index contributed by atoms with van der Waals surface area (Å²) in [6, 6.07) is 1.12. The fourth-order valence-corrected chi connectivity index (χ4v) is 1.91. The highest BCUT2D eigenvalue weighted by molar-refractivity contribution is 5.08. The molecular formula is C14H28N4. The van der Waals surface area contributed by atoms with E-state index in [0.717, 1.165) is 25.3 Å². The lowest BCUT2D eigenvalue weighted by Crippen LogP contribution is -2.41. The number of imidazole rings is 1. The fraction of sp³-hybridized carbons (Fsp3) is 0.786. The topological polar surface area (TPSA) is 33.1 Å². The van der Waals surface area contributed by atoms with Crippen LogP contribution in [0.4, 0.5) is 0 Å². The molecule has 0 bridgehead atoms. The third-order valence-electron chi connectivity index (χ3n) is 3.63. The van der Waals surface area contributed by atoms with E-state index in [1.165, 1.54) is 5.69 Å². The van der Waals surface area contributed by atoms with Crippen molar-refractivity contribution in [2.45, 2.75) is 53.2 Å². The number of nitrogens with zero attached hydrogens (tertiary/aromatic N) is 3. The van der Waals surface area contributed by atoms with Gasteiger partial charge in [-0.3, -0.25) is 0 Å². The first-order valence-corrected chi connectivity index (χ1v) is 6.83. The Labute approximate surface area is 111 Å². The Morgan fingerprint density at radius 2 is 2.00 bits per heavy atom.